The molecule has 0 spiro atoms. The van der Waals surface area contributed by atoms with Crippen molar-refractivity contribution in [2.24, 2.45) is 0 Å². The van der Waals surface area contributed by atoms with E-state index in [2.05, 4.69) is 165 Å². The molecule has 0 amide bonds. The van der Waals surface area contributed by atoms with E-state index in [1.165, 1.54) is 28.3 Å². The summed E-state index contributed by atoms with van der Waals surface area (Å²) in [7, 11) is -4.00. The first kappa shape index (κ1) is 74.4. The third kappa shape index (κ3) is 20.0. The van der Waals surface area contributed by atoms with Crippen molar-refractivity contribution in [2.45, 2.75) is 70.1 Å². The molecule has 6 aromatic heterocycles. The topological polar surface area (TPSA) is 186 Å². The van der Waals surface area contributed by atoms with Crippen molar-refractivity contribution < 1.29 is 185 Å². The molecule has 7 heterocycles. The molecule has 1 fully saturated rings. The third-order valence-corrected chi connectivity index (χ3v) is 16.7. The van der Waals surface area contributed by atoms with Gasteiger partial charge in [-0.15, -0.1) is 0 Å². The van der Waals surface area contributed by atoms with E-state index < -0.39 is 16.8 Å². The maximum absolute atomic E-state index is 12.4. The molecular formula is C71H68BClCs2F2N6O8S. The van der Waals surface area contributed by atoms with Crippen molar-refractivity contribution in [3.8, 4) is 22.5 Å². The number of rotatable bonds is 12. The van der Waals surface area contributed by atoms with E-state index in [0.29, 0.717) is 18.1 Å². The van der Waals surface area contributed by atoms with Gasteiger partial charge in [0.25, 0.3) is 16.6 Å². The molecule has 14 rings (SSSR count). The first-order chi connectivity index (χ1) is 43.5. The number of hydrogen-bond acceptors (Lipinski definition) is 11. The maximum atomic E-state index is 12.4. The number of hydrogen-bond donors (Lipinski definition) is 2. The fourth-order valence-corrected chi connectivity index (χ4v) is 10.8. The number of carbonyl (C=O) groups is 1. The first-order valence-electron chi connectivity index (χ1n) is 29.1. The van der Waals surface area contributed by atoms with Crippen molar-refractivity contribution in [2.75, 3.05) is 20.0 Å². The molecule has 1 saturated heterocycles. The number of nitrogens with one attached hydrogen (secondary N) is 2. The van der Waals surface area contributed by atoms with Gasteiger partial charge in [-0.2, -0.15) is 8.42 Å². The second kappa shape index (κ2) is 35.6. The average molecular weight is 1520 g/mol. The van der Waals surface area contributed by atoms with Gasteiger partial charge in [-0.25, -0.2) is 15.0 Å². The monoisotopic (exact) mass is 1510 g/mol. The van der Waals surface area contributed by atoms with Crippen LogP contribution in [0.1, 0.15) is 47.5 Å². The van der Waals surface area contributed by atoms with Crippen LogP contribution in [-0.4, -0.2) is 82.7 Å². The number of aromatic nitrogens is 6. The largest absolute Gasteiger partial charge is 1.00 e. The third-order valence-electron chi connectivity index (χ3n) is 15.2. The Labute approximate surface area is 658 Å². The predicted octanol–water partition coefficient (Wildman–Crippen LogP) is 9.57. The van der Waals surface area contributed by atoms with Crippen molar-refractivity contribution in [1.82, 2.24) is 29.5 Å². The number of pyridine rings is 3. The summed E-state index contributed by atoms with van der Waals surface area (Å²) in [6.07, 6.45) is 6.57. The van der Waals surface area contributed by atoms with E-state index in [1.54, 1.807) is 18.2 Å². The molecule has 0 aliphatic carbocycles. The summed E-state index contributed by atoms with van der Waals surface area (Å²) in [5, 5.41) is 16.0. The zero-order valence-corrected chi connectivity index (χ0v) is 66.5. The minimum atomic E-state index is -3.72. The minimum absolute atomic E-state index is 0. The Balaban J connectivity index is 0.000000183. The molecule has 13 aromatic rings. The van der Waals surface area contributed by atoms with Gasteiger partial charge in [0, 0.05) is 86.2 Å². The van der Waals surface area contributed by atoms with Crippen LogP contribution < -0.4 is 149 Å². The van der Waals surface area contributed by atoms with Crippen molar-refractivity contribution in [3.63, 3.8) is 0 Å². The predicted molar refractivity (Wildman–Crippen MR) is 356 cm³/mol. The number of benzene rings is 7. The Bertz CT molecular complexity index is 4630. The van der Waals surface area contributed by atoms with E-state index in [-0.39, 0.29) is 189 Å². The normalized spacial score (nSPS) is 12.7. The summed E-state index contributed by atoms with van der Waals surface area (Å²) < 4.78 is 65.9. The number of H-pyrrole nitrogens is 2. The number of aryl methyl sites for hydroxylation is 2. The number of halogens is 3. The zero-order valence-electron chi connectivity index (χ0n) is 53.4. The van der Waals surface area contributed by atoms with Gasteiger partial charge in [0.05, 0.1) is 64.0 Å². The van der Waals surface area contributed by atoms with Gasteiger partial charge >= 0.3 is 145 Å². The quantitative estimate of drug-likeness (QED) is 0.0226. The SMILES string of the molecule is CC1(C)OB(c2ccc3[nH]ccc3c2)OC1(C)C.Cc1ccc(S(=O)(=O)OCCCF)cc1.Clc1ccc2ccccc2n1.FCCCn1ccc2cc(-c3ccc4ccccc4n3)ccc21.O=CO[O-].[Cs+].[Cs+].[H-].c1ccc2nc(-c3ccc4[nH]ccc4c3)ccc2c1. The summed E-state index contributed by atoms with van der Waals surface area (Å²) in [5.41, 5.74) is 12.1. The number of aromatic amines is 2. The van der Waals surface area contributed by atoms with Crippen LogP contribution in [0.15, 0.2) is 230 Å². The van der Waals surface area contributed by atoms with Crippen molar-refractivity contribution in [3.05, 3.63) is 236 Å². The molecule has 14 nitrogen and oxygen atoms in total. The molecule has 1 aliphatic rings. The molecule has 0 saturated carbocycles. The van der Waals surface area contributed by atoms with Crippen LogP contribution in [0.5, 0.6) is 0 Å². The minimum Gasteiger partial charge on any atom is -1.00 e. The van der Waals surface area contributed by atoms with Gasteiger partial charge in [-0.05, 0) is 155 Å². The molecule has 2 N–H and O–H groups in total. The fraction of sp³-hybridized carbons (Fsp3) is 0.183. The average Bonchev–Trinajstić information content (AvgIpc) is 1.99. The molecule has 0 atom stereocenters. The van der Waals surface area contributed by atoms with E-state index >= 15 is 0 Å². The second-order valence-corrected chi connectivity index (χ2v) is 23.9. The Morgan fingerprint density at radius 3 is 1.63 bits per heavy atom. The fourth-order valence-electron chi connectivity index (χ4n) is 9.69. The van der Waals surface area contributed by atoms with Crippen LogP contribution in [0.25, 0.3) is 87.9 Å². The Morgan fingerprint density at radius 2 is 1.09 bits per heavy atom. The van der Waals surface area contributed by atoms with Gasteiger partial charge in [-0.1, -0.05) is 120 Å². The number of nitrogens with zero attached hydrogens (tertiary/aromatic N) is 4. The zero-order chi connectivity index (χ0) is 63.7. The van der Waals surface area contributed by atoms with Crippen molar-refractivity contribution in [1.29, 1.82) is 0 Å². The molecule has 7 aromatic carbocycles. The van der Waals surface area contributed by atoms with Gasteiger partial charge in [0.1, 0.15) is 5.15 Å². The Hall–Kier alpha value is -5.03. The molecule has 462 valence electrons. The van der Waals surface area contributed by atoms with Gasteiger partial charge in [0.15, 0.2) is 0 Å². The first-order valence-corrected chi connectivity index (χ1v) is 30.9. The van der Waals surface area contributed by atoms with Gasteiger partial charge in [0.2, 0.25) is 0 Å². The summed E-state index contributed by atoms with van der Waals surface area (Å²) >= 11 is 5.71. The number of para-hydroxylation sites is 3. The van der Waals surface area contributed by atoms with Crippen LogP contribution in [0.2, 0.25) is 5.15 Å². The van der Waals surface area contributed by atoms with Crippen LogP contribution in [0, 0.1) is 6.92 Å². The van der Waals surface area contributed by atoms with Crippen LogP contribution >= 0.6 is 11.6 Å². The van der Waals surface area contributed by atoms with E-state index in [9.17, 15) is 17.2 Å². The second-order valence-electron chi connectivity index (χ2n) is 21.9. The Morgan fingerprint density at radius 1 is 0.598 bits per heavy atom. The molecule has 0 bridgehead atoms. The molecule has 92 heavy (non-hydrogen) atoms. The summed E-state index contributed by atoms with van der Waals surface area (Å²) in [6.45, 7) is 9.70. The number of fused-ring (bicyclic) bond motifs is 6. The summed E-state index contributed by atoms with van der Waals surface area (Å²) in [5.74, 6) is 0. The number of alkyl halides is 2. The summed E-state index contributed by atoms with van der Waals surface area (Å²) in [6, 6.07) is 67.8. The maximum Gasteiger partial charge on any atom is 1.00 e. The molecule has 21 heteroatoms. The van der Waals surface area contributed by atoms with E-state index in [0.717, 1.165) is 82.8 Å². The standard InChI is InChI=1S/C20H17FN2.C17H12N2.C14H18BNO2.C10H13FO3S.C9H6ClN.CH2O3.2Cs.H/c21-11-3-12-23-13-10-17-14-16(7-9-20(17)23)19-8-6-15-4-1-2-5-18(15)22-19;1-2-4-16-12(3-1)5-8-17(19-16)13-6-7-15-14(11-13)9-10-18-15;1-13(2)14(3,4)18-15(17-13)11-5-6-12-10(9-11)7-8-16-12;1-9-3-5-10(6-4-9)15(12,13)14-8-2-7-11;10-9-6-5-7-3-1-2-4-8(7)11-9;2-1-4-3;;;/h1-2,4-10,13-14H,3,11-12H2;1-11,18H;5-9,16H,1-4H3;3-6H,2,7-8H2,1H3;1-6H;1,3H;;;/q;;;;;;2*+1;-1/p-1. The Kier molecular flexibility index (Phi) is 28.8. The summed E-state index contributed by atoms with van der Waals surface area (Å²) in [4.78, 5) is 31.4. The van der Waals surface area contributed by atoms with Gasteiger partial charge < -0.3 is 35.4 Å². The van der Waals surface area contributed by atoms with Crippen molar-refractivity contribution >= 4 is 106 Å². The molecule has 1 aliphatic heterocycles. The van der Waals surface area contributed by atoms with Crippen LogP contribution in [-0.2, 0) is 39.8 Å². The molecule has 0 unspecified atom stereocenters. The number of carbonyl (C=O) groups excluding carboxylic acids is 1. The van der Waals surface area contributed by atoms with Gasteiger partial charge in [-0.3, -0.25) is 17.8 Å². The molecular weight excluding hydrogens is 1450 g/mol. The van der Waals surface area contributed by atoms with Crippen LogP contribution in [0.3, 0.4) is 0 Å². The molecule has 0 radical (unpaired) electrons. The van der Waals surface area contributed by atoms with Crippen LogP contribution in [0.4, 0.5) is 8.78 Å². The van der Waals surface area contributed by atoms with E-state index in [4.69, 9.17) is 40.9 Å². The smallest absolute Gasteiger partial charge is 1.00 e. The van der Waals surface area contributed by atoms with E-state index in [1.807, 2.05) is 92.2 Å².